The maximum absolute atomic E-state index is 12.4. The van der Waals surface area contributed by atoms with Crippen LogP contribution in [0.3, 0.4) is 0 Å². The molecule has 0 spiro atoms. The number of aromatic nitrogens is 4. The van der Waals surface area contributed by atoms with Crippen LogP contribution >= 0.6 is 22.9 Å². The third-order valence-electron chi connectivity index (χ3n) is 4.97. The molecule has 1 aliphatic rings. The molecule has 1 aliphatic heterocycles. The molecule has 5 rings (SSSR count). The topological polar surface area (TPSA) is 66.6 Å². The number of pyridine rings is 1. The summed E-state index contributed by atoms with van der Waals surface area (Å²) in [4.78, 5) is 31.4. The van der Waals surface area contributed by atoms with Crippen LogP contribution in [0, 0.1) is 0 Å². The van der Waals surface area contributed by atoms with E-state index in [1.165, 1.54) is 4.40 Å². The van der Waals surface area contributed by atoms with Crippen LogP contribution in [0.15, 0.2) is 47.0 Å². The van der Waals surface area contributed by atoms with Gasteiger partial charge < -0.3 is 4.90 Å². The maximum Gasteiger partial charge on any atom is 0.258 e. The Morgan fingerprint density at radius 1 is 1.11 bits per heavy atom. The van der Waals surface area contributed by atoms with Gasteiger partial charge in [0.25, 0.3) is 5.56 Å². The minimum atomic E-state index is -0.109. The molecule has 0 radical (unpaired) electrons. The molecule has 0 atom stereocenters. The van der Waals surface area contributed by atoms with Crippen LogP contribution in [0.4, 0.5) is 5.82 Å². The van der Waals surface area contributed by atoms with E-state index in [0.717, 1.165) is 47.9 Å². The SMILES string of the molecule is O=c1cc(CN2CCN(c3ncnc4sccc34)CC2)nc2ccc(Cl)cn12. The number of fused-ring (bicyclic) bond motifs is 2. The zero-order chi connectivity index (χ0) is 19.1. The molecule has 0 N–H and O–H groups in total. The lowest BCUT2D eigenvalue weighted by atomic mass is 10.2. The summed E-state index contributed by atoms with van der Waals surface area (Å²) in [7, 11) is 0. The van der Waals surface area contributed by atoms with Gasteiger partial charge in [-0.1, -0.05) is 11.6 Å². The number of thiophene rings is 1. The molecular weight excluding hydrogens is 396 g/mol. The monoisotopic (exact) mass is 412 g/mol. The van der Waals surface area contributed by atoms with Crippen molar-refractivity contribution in [3.8, 4) is 0 Å². The molecule has 0 unspecified atom stereocenters. The number of halogens is 1. The highest BCUT2D eigenvalue weighted by Crippen LogP contribution is 2.27. The fourth-order valence-electron chi connectivity index (χ4n) is 3.58. The predicted molar refractivity (Wildman–Crippen MR) is 111 cm³/mol. The van der Waals surface area contributed by atoms with E-state index in [2.05, 4.69) is 36.2 Å². The second-order valence-corrected chi connectivity index (χ2v) is 8.09. The smallest absolute Gasteiger partial charge is 0.258 e. The molecule has 4 aromatic heterocycles. The van der Waals surface area contributed by atoms with Gasteiger partial charge in [-0.15, -0.1) is 11.3 Å². The first kappa shape index (κ1) is 17.5. The van der Waals surface area contributed by atoms with Gasteiger partial charge in [-0.3, -0.25) is 14.1 Å². The van der Waals surface area contributed by atoms with Crippen molar-refractivity contribution in [2.24, 2.45) is 0 Å². The minimum absolute atomic E-state index is 0.109. The third kappa shape index (κ3) is 3.23. The summed E-state index contributed by atoms with van der Waals surface area (Å²) < 4.78 is 1.48. The van der Waals surface area contributed by atoms with Crippen molar-refractivity contribution in [3.63, 3.8) is 0 Å². The molecule has 28 heavy (non-hydrogen) atoms. The fourth-order valence-corrected chi connectivity index (χ4v) is 4.47. The lowest BCUT2D eigenvalue weighted by molar-refractivity contribution is 0.247. The van der Waals surface area contributed by atoms with Gasteiger partial charge in [0.15, 0.2) is 0 Å². The van der Waals surface area contributed by atoms with Crippen LogP contribution in [-0.2, 0) is 6.54 Å². The summed E-state index contributed by atoms with van der Waals surface area (Å²) in [5, 5.41) is 3.68. The van der Waals surface area contributed by atoms with Gasteiger partial charge in [0.05, 0.1) is 16.1 Å². The first-order valence-electron chi connectivity index (χ1n) is 9.01. The summed E-state index contributed by atoms with van der Waals surface area (Å²) in [6, 6.07) is 7.20. The third-order valence-corrected chi connectivity index (χ3v) is 6.02. The molecular formula is C19H17ClN6OS. The van der Waals surface area contributed by atoms with E-state index >= 15 is 0 Å². The summed E-state index contributed by atoms with van der Waals surface area (Å²) in [5.41, 5.74) is 1.29. The zero-order valence-corrected chi connectivity index (χ0v) is 16.5. The van der Waals surface area contributed by atoms with Crippen molar-refractivity contribution in [2.45, 2.75) is 6.54 Å². The Morgan fingerprint density at radius 2 is 1.96 bits per heavy atom. The number of hydrogen-bond donors (Lipinski definition) is 0. The minimum Gasteiger partial charge on any atom is -0.353 e. The Labute approximate surface area is 169 Å². The van der Waals surface area contributed by atoms with Crippen molar-refractivity contribution in [2.75, 3.05) is 31.1 Å². The molecule has 9 heteroatoms. The first-order valence-corrected chi connectivity index (χ1v) is 10.3. The highest BCUT2D eigenvalue weighted by Gasteiger charge is 2.21. The summed E-state index contributed by atoms with van der Waals surface area (Å²) in [5.74, 6) is 1.00. The molecule has 142 valence electrons. The quantitative estimate of drug-likeness (QED) is 0.515. The molecule has 1 saturated heterocycles. The van der Waals surface area contributed by atoms with E-state index < -0.39 is 0 Å². The van der Waals surface area contributed by atoms with Crippen LogP contribution < -0.4 is 10.5 Å². The van der Waals surface area contributed by atoms with E-state index in [-0.39, 0.29) is 5.56 Å². The average Bonchev–Trinajstić information content (AvgIpc) is 3.18. The Kier molecular flexibility index (Phi) is 4.46. The standard InChI is InChI=1S/C19H17ClN6OS/c20-13-1-2-16-23-14(9-17(27)26(16)10-13)11-24-4-6-25(7-5-24)18-15-3-8-28-19(15)22-12-21-18/h1-3,8-10,12H,4-7,11H2. The van der Waals surface area contributed by atoms with Gasteiger partial charge in [-0.2, -0.15) is 0 Å². The summed E-state index contributed by atoms with van der Waals surface area (Å²) in [6.07, 6.45) is 3.24. The number of hydrogen-bond acceptors (Lipinski definition) is 7. The van der Waals surface area contributed by atoms with E-state index in [4.69, 9.17) is 11.6 Å². The molecule has 7 nitrogen and oxygen atoms in total. The Bertz CT molecular complexity index is 1210. The molecule has 0 aromatic carbocycles. The molecule has 5 heterocycles. The van der Waals surface area contributed by atoms with Crippen molar-refractivity contribution >= 4 is 44.6 Å². The van der Waals surface area contributed by atoms with Gasteiger partial charge >= 0.3 is 0 Å². The van der Waals surface area contributed by atoms with Crippen LogP contribution in [0.2, 0.25) is 5.02 Å². The second kappa shape index (κ2) is 7.12. The number of rotatable bonds is 3. The lowest BCUT2D eigenvalue weighted by Crippen LogP contribution is -2.46. The molecule has 0 saturated carbocycles. The highest BCUT2D eigenvalue weighted by molar-refractivity contribution is 7.16. The van der Waals surface area contributed by atoms with Crippen molar-refractivity contribution < 1.29 is 0 Å². The second-order valence-electron chi connectivity index (χ2n) is 6.76. The molecule has 0 aliphatic carbocycles. The van der Waals surface area contributed by atoms with E-state index in [1.54, 1.807) is 42.1 Å². The predicted octanol–water partition coefficient (Wildman–Crippen LogP) is 2.67. The van der Waals surface area contributed by atoms with E-state index in [9.17, 15) is 4.79 Å². The normalized spacial score (nSPS) is 15.5. The largest absolute Gasteiger partial charge is 0.353 e. The zero-order valence-electron chi connectivity index (χ0n) is 15.0. The van der Waals surface area contributed by atoms with Gasteiger partial charge in [-0.25, -0.2) is 15.0 Å². The van der Waals surface area contributed by atoms with Gasteiger partial charge in [0.2, 0.25) is 0 Å². The molecule has 4 aromatic rings. The Balaban J connectivity index is 1.31. The Hall–Kier alpha value is -2.55. The van der Waals surface area contributed by atoms with Crippen molar-refractivity contribution in [3.05, 3.63) is 63.2 Å². The van der Waals surface area contributed by atoms with Gasteiger partial charge in [0, 0.05) is 45.0 Å². The van der Waals surface area contributed by atoms with Crippen molar-refractivity contribution in [1.82, 2.24) is 24.3 Å². The fraction of sp³-hybridized carbons (Fsp3) is 0.263. The van der Waals surface area contributed by atoms with Crippen LogP contribution in [-0.4, -0.2) is 50.4 Å². The van der Waals surface area contributed by atoms with Crippen LogP contribution in [0.5, 0.6) is 0 Å². The molecule has 1 fully saturated rings. The van der Waals surface area contributed by atoms with E-state index in [1.807, 2.05) is 0 Å². The van der Waals surface area contributed by atoms with Gasteiger partial charge in [-0.05, 0) is 23.6 Å². The number of anilines is 1. The first-order chi connectivity index (χ1) is 13.7. The lowest BCUT2D eigenvalue weighted by Gasteiger charge is -2.35. The maximum atomic E-state index is 12.4. The summed E-state index contributed by atoms with van der Waals surface area (Å²) in [6.45, 7) is 4.18. The highest BCUT2D eigenvalue weighted by atomic mass is 35.5. The average molecular weight is 413 g/mol. The van der Waals surface area contributed by atoms with Crippen molar-refractivity contribution in [1.29, 1.82) is 0 Å². The van der Waals surface area contributed by atoms with Gasteiger partial charge in [0.1, 0.15) is 22.6 Å². The Morgan fingerprint density at radius 3 is 2.82 bits per heavy atom. The van der Waals surface area contributed by atoms with E-state index in [0.29, 0.717) is 17.2 Å². The molecule has 0 bridgehead atoms. The number of piperazine rings is 1. The van der Waals surface area contributed by atoms with Crippen LogP contribution in [0.1, 0.15) is 5.69 Å². The summed E-state index contributed by atoms with van der Waals surface area (Å²) >= 11 is 7.61. The number of nitrogens with zero attached hydrogens (tertiary/aromatic N) is 6. The van der Waals surface area contributed by atoms with Crippen LogP contribution in [0.25, 0.3) is 15.9 Å². The molecule has 0 amide bonds.